The third-order valence-electron chi connectivity index (χ3n) is 3.38. The van der Waals surface area contributed by atoms with Crippen molar-refractivity contribution in [1.29, 1.82) is 0 Å². The summed E-state index contributed by atoms with van der Waals surface area (Å²) in [5.74, 6) is -0.292. The SMILES string of the molecule is CCNC(=NCc1c(F)cccc1OC(F)F)NC1CC=CC1. The second-order valence-corrected chi connectivity index (χ2v) is 5.07. The van der Waals surface area contributed by atoms with Gasteiger partial charge in [-0.2, -0.15) is 8.78 Å². The highest BCUT2D eigenvalue weighted by atomic mass is 19.3. The summed E-state index contributed by atoms with van der Waals surface area (Å²) in [6.45, 7) is -0.540. The van der Waals surface area contributed by atoms with Gasteiger partial charge in [-0.25, -0.2) is 9.38 Å². The molecular weight excluding hydrogens is 307 g/mol. The molecule has 4 nitrogen and oxygen atoms in total. The minimum absolute atomic E-state index is 0.00884. The second kappa shape index (κ2) is 8.45. The van der Waals surface area contributed by atoms with Gasteiger partial charge in [0.1, 0.15) is 11.6 Å². The molecule has 1 aromatic carbocycles. The highest BCUT2D eigenvalue weighted by Gasteiger charge is 2.15. The monoisotopic (exact) mass is 327 g/mol. The van der Waals surface area contributed by atoms with E-state index in [0.717, 1.165) is 12.8 Å². The van der Waals surface area contributed by atoms with Crippen LogP contribution >= 0.6 is 0 Å². The second-order valence-electron chi connectivity index (χ2n) is 5.07. The Hall–Kier alpha value is -2.18. The van der Waals surface area contributed by atoms with Crippen LogP contribution in [0, 0.1) is 5.82 Å². The number of rotatable bonds is 6. The van der Waals surface area contributed by atoms with Crippen LogP contribution < -0.4 is 15.4 Å². The largest absolute Gasteiger partial charge is 0.434 e. The molecule has 0 amide bonds. The third kappa shape index (κ3) is 5.19. The van der Waals surface area contributed by atoms with E-state index in [2.05, 4.69) is 32.5 Å². The van der Waals surface area contributed by atoms with Crippen molar-refractivity contribution in [2.45, 2.75) is 39.0 Å². The Kier molecular flexibility index (Phi) is 6.31. The van der Waals surface area contributed by atoms with E-state index in [1.54, 1.807) is 0 Å². The summed E-state index contributed by atoms with van der Waals surface area (Å²) in [5.41, 5.74) is 0.00884. The van der Waals surface area contributed by atoms with Crippen LogP contribution in [0.3, 0.4) is 0 Å². The van der Waals surface area contributed by atoms with Crippen LogP contribution in [-0.4, -0.2) is 25.2 Å². The van der Waals surface area contributed by atoms with Crippen LogP contribution in [0.4, 0.5) is 13.2 Å². The molecule has 0 bridgehead atoms. The summed E-state index contributed by atoms with van der Waals surface area (Å²) in [6, 6.07) is 4.07. The van der Waals surface area contributed by atoms with E-state index in [1.807, 2.05) is 6.92 Å². The Morgan fingerprint density at radius 2 is 2.09 bits per heavy atom. The Morgan fingerprint density at radius 1 is 1.35 bits per heavy atom. The zero-order chi connectivity index (χ0) is 16.7. The van der Waals surface area contributed by atoms with Crippen molar-refractivity contribution in [1.82, 2.24) is 10.6 Å². The summed E-state index contributed by atoms with van der Waals surface area (Å²) < 4.78 is 43.1. The smallest absolute Gasteiger partial charge is 0.387 e. The van der Waals surface area contributed by atoms with Gasteiger partial charge >= 0.3 is 6.61 Å². The van der Waals surface area contributed by atoms with Crippen LogP contribution in [-0.2, 0) is 6.54 Å². The molecule has 0 spiro atoms. The lowest BCUT2D eigenvalue weighted by molar-refractivity contribution is -0.0506. The first kappa shape index (κ1) is 17.2. The van der Waals surface area contributed by atoms with Crippen molar-refractivity contribution < 1.29 is 17.9 Å². The zero-order valence-electron chi connectivity index (χ0n) is 12.9. The number of nitrogens with one attached hydrogen (secondary N) is 2. The van der Waals surface area contributed by atoms with Gasteiger partial charge in [-0.3, -0.25) is 0 Å². The van der Waals surface area contributed by atoms with E-state index in [1.165, 1.54) is 18.2 Å². The van der Waals surface area contributed by atoms with Crippen molar-refractivity contribution in [2.75, 3.05) is 6.54 Å². The van der Waals surface area contributed by atoms with Crippen LogP contribution in [0.5, 0.6) is 5.75 Å². The standard InChI is InChI=1S/C16H20F3N3O/c1-2-20-16(22-11-6-3-4-7-11)21-10-12-13(17)8-5-9-14(12)23-15(18)19/h3-5,8-9,11,15H,2,6-7,10H2,1H3,(H2,20,21,22). The van der Waals surface area contributed by atoms with E-state index in [0.29, 0.717) is 12.5 Å². The van der Waals surface area contributed by atoms with E-state index < -0.39 is 12.4 Å². The highest BCUT2D eigenvalue weighted by Crippen LogP contribution is 2.24. The maximum atomic E-state index is 13.9. The average Bonchev–Trinajstić information content (AvgIpc) is 2.99. The van der Waals surface area contributed by atoms with Gasteiger partial charge in [0.25, 0.3) is 0 Å². The molecule has 2 rings (SSSR count). The predicted molar refractivity (Wildman–Crippen MR) is 83.1 cm³/mol. The molecular formula is C16H20F3N3O. The molecule has 0 aromatic heterocycles. The molecule has 0 aliphatic heterocycles. The van der Waals surface area contributed by atoms with Crippen molar-refractivity contribution in [3.8, 4) is 5.75 Å². The molecule has 1 aliphatic rings. The first-order chi connectivity index (χ1) is 11.1. The number of halogens is 3. The molecule has 0 radical (unpaired) electrons. The number of ether oxygens (including phenoxy) is 1. The quantitative estimate of drug-likeness (QED) is 0.479. The Bertz CT molecular complexity index is 568. The first-order valence-corrected chi connectivity index (χ1v) is 7.52. The number of nitrogens with zero attached hydrogens (tertiary/aromatic N) is 1. The normalized spacial score (nSPS) is 15.3. The number of aliphatic imine (C=N–C) groups is 1. The molecule has 0 saturated carbocycles. The first-order valence-electron chi connectivity index (χ1n) is 7.52. The molecule has 0 heterocycles. The van der Waals surface area contributed by atoms with Gasteiger partial charge < -0.3 is 15.4 Å². The van der Waals surface area contributed by atoms with Crippen LogP contribution in [0.1, 0.15) is 25.3 Å². The van der Waals surface area contributed by atoms with Gasteiger partial charge in [0.05, 0.1) is 12.1 Å². The van der Waals surface area contributed by atoms with Crippen LogP contribution in [0.25, 0.3) is 0 Å². The lowest BCUT2D eigenvalue weighted by Crippen LogP contribution is -2.42. The minimum Gasteiger partial charge on any atom is -0.434 e. The van der Waals surface area contributed by atoms with Crippen LogP contribution in [0.2, 0.25) is 0 Å². The zero-order valence-corrected chi connectivity index (χ0v) is 12.9. The van der Waals surface area contributed by atoms with Gasteiger partial charge in [-0.15, -0.1) is 0 Å². The lowest BCUT2D eigenvalue weighted by atomic mass is 10.2. The van der Waals surface area contributed by atoms with Gasteiger partial charge in [0.2, 0.25) is 0 Å². The summed E-state index contributed by atoms with van der Waals surface area (Å²) in [4.78, 5) is 4.28. The Morgan fingerprint density at radius 3 is 2.74 bits per heavy atom. The van der Waals surface area contributed by atoms with E-state index >= 15 is 0 Å². The van der Waals surface area contributed by atoms with Crippen molar-refractivity contribution >= 4 is 5.96 Å². The molecule has 126 valence electrons. The molecule has 1 aliphatic carbocycles. The topological polar surface area (TPSA) is 45.7 Å². The fourth-order valence-electron chi connectivity index (χ4n) is 2.31. The van der Waals surface area contributed by atoms with Gasteiger partial charge in [-0.05, 0) is 31.9 Å². The molecule has 0 unspecified atom stereocenters. The maximum absolute atomic E-state index is 13.9. The Labute approximate surface area is 133 Å². The molecule has 0 atom stereocenters. The highest BCUT2D eigenvalue weighted by molar-refractivity contribution is 5.80. The summed E-state index contributed by atoms with van der Waals surface area (Å²) in [7, 11) is 0. The molecule has 2 N–H and O–H groups in total. The van der Waals surface area contributed by atoms with Gasteiger partial charge in [-0.1, -0.05) is 18.2 Å². The van der Waals surface area contributed by atoms with Gasteiger partial charge in [0, 0.05) is 12.6 Å². The number of benzene rings is 1. The predicted octanol–water partition coefficient (Wildman–Crippen LogP) is 3.20. The molecule has 0 fully saturated rings. The molecule has 0 saturated heterocycles. The number of hydrogen-bond acceptors (Lipinski definition) is 2. The molecule has 7 heteroatoms. The molecule has 23 heavy (non-hydrogen) atoms. The van der Waals surface area contributed by atoms with E-state index in [9.17, 15) is 13.2 Å². The number of hydrogen-bond donors (Lipinski definition) is 2. The molecule has 1 aromatic rings. The third-order valence-corrected chi connectivity index (χ3v) is 3.38. The Balaban J connectivity index is 2.11. The average molecular weight is 327 g/mol. The van der Waals surface area contributed by atoms with Crippen LogP contribution in [0.15, 0.2) is 35.3 Å². The maximum Gasteiger partial charge on any atom is 0.387 e. The summed E-state index contributed by atoms with van der Waals surface area (Å²) in [5, 5.41) is 6.29. The van der Waals surface area contributed by atoms with Crippen molar-refractivity contribution in [2.24, 2.45) is 4.99 Å². The summed E-state index contributed by atoms with van der Waals surface area (Å²) >= 11 is 0. The van der Waals surface area contributed by atoms with E-state index in [-0.39, 0.29) is 23.9 Å². The van der Waals surface area contributed by atoms with Crippen molar-refractivity contribution in [3.05, 3.63) is 41.7 Å². The number of guanidine groups is 1. The summed E-state index contributed by atoms with van der Waals surface area (Å²) in [6.07, 6.45) is 5.94. The number of alkyl halides is 2. The minimum atomic E-state index is -3.00. The van der Waals surface area contributed by atoms with E-state index in [4.69, 9.17) is 0 Å². The van der Waals surface area contributed by atoms with Gasteiger partial charge in [0.15, 0.2) is 5.96 Å². The van der Waals surface area contributed by atoms with Crippen molar-refractivity contribution in [3.63, 3.8) is 0 Å². The fraction of sp³-hybridized carbons (Fsp3) is 0.438. The lowest BCUT2D eigenvalue weighted by Gasteiger charge is -2.17. The fourth-order valence-corrected chi connectivity index (χ4v) is 2.31.